The van der Waals surface area contributed by atoms with Crippen LogP contribution in [0, 0.1) is 5.92 Å². The fourth-order valence-electron chi connectivity index (χ4n) is 3.49. The summed E-state index contributed by atoms with van der Waals surface area (Å²) in [5, 5.41) is 0.585. The van der Waals surface area contributed by atoms with E-state index >= 15 is 0 Å². The van der Waals surface area contributed by atoms with Gasteiger partial charge in [0.1, 0.15) is 0 Å². The van der Waals surface area contributed by atoms with Gasteiger partial charge in [0.25, 0.3) is 0 Å². The fourth-order valence-corrected chi connectivity index (χ4v) is 6.30. The largest absolute Gasteiger partial charge is 0.215 e. The second-order valence-electron chi connectivity index (χ2n) is 6.17. The van der Waals surface area contributed by atoms with Crippen molar-refractivity contribution in [1.29, 1.82) is 0 Å². The molecule has 2 aliphatic carbocycles. The molecular formula is C13H24BrNO2S. The summed E-state index contributed by atoms with van der Waals surface area (Å²) in [5.41, 5.74) is -0.237. The Bertz CT molecular complexity index is 378. The van der Waals surface area contributed by atoms with Crippen LogP contribution < -0.4 is 4.72 Å². The first kappa shape index (κ1) is 14.8. The highest BCUT2D eigenvalue weighted by atomic mass is 79.9. The van der Waals surface area contributed by atoms with Gasteiger partial charge in [0.2, 0.25) is 10.0 Å². The number of nitrogens with one attached hydrogen (secondary N) is 1. The minimum atomic E-state index is -3.13. The lowest BCUT2D eigenvalue weighted by atomic mass is 9.78. The molecule has 0 aliphatic heterocycles. The number of rotatable bonds is 4. The Morgan fingerprint density at radius 3 is 2.44 bits per heavy atom. The molecule has 0 bridgehead atoms. The smallest absolute Gasteiger partial charge is 0.212 e. The fraction of sp³-hybridized carbons (Fsp3) is 1.00. The maximum Gasteiger partial charge on any atom is 0.215 e. The molecule has 2 unspecified atom stereocenters. The van der Waals surface area contributed by atoms with Crippen LogP contribution in [0.3, 0.4) is 0 Å². The highest BCUT2D eigenvalue weighted by Crippen LogP contribution is 2.35. The predicted octanol–water partition coefficient (Wildman–Crippen LogP) is 3.19. The maximum atomic E-state index is 12.4. The van der Waals surface area contributed by atoms with Crippen LogP contribution in [0.15, 0.2) is 0 Å². The number of sulfonamides is 1. The van der Waals surface area contributed by atoms with Crippen LogP contribution in [0.5, 0.6) is 0 Å². The van der Waals surface area contributed by atoms with Crippen molar-refractivity contribution >= 4 is 26.0 Å². The summed E-state index contributed by atoms with van der Waals surface area (Å²) in [5.74, 6) is 0.613. The van der Waals surface area contributed by atoms with Crippen molar-refractivity contribution in [3.8, 4) is 0 Å². The molecule has 0 saturated heterocycles. The van der Waals surface area contributed by atoms with E-state index in [1.807, 2.05) is 0 Å². The van der Waals surface area contributed by atoms with Gasteiger partial charge in [0, 0.05) is 10.9 Å². The molecule has 2 fully saturated rings. The van der Waals surface area contributed by atoms with E-state index in [2.05, 4.69) is 27.6 Å². The predicted molar refractivity (Wildman–Crippen MR) is 78.5 cm³/mol. The van der Waals surface area contributed by atoms with Gasteiger partial charge in [0.05, 0.1) is 5.25 Å². The molecule has 2 aliphatic rings. The van der Waals surface area contributed by atoms with Gasteiger partial charge in [-0.05, 0) is 31.6 Å². The molecule has 3 nitrogen and oxygen atoms in total. The van der Waals surface area contributed by atoms with Crippen LogP contribution in [0.25, 0.3) is 0 Å². The van der Waals surface area contributed by atoms with E-state index in [0.717, 1.165) is 50.3 Å². The van der Waals surface area contributed by atoms with E-state index in [0.29, 0.717) is 5.92 Å². The van der Waals surface area contributed by atoms with Crippen LogP contribution in [0.2, 0.25) is 0 Å². The van der Waals surface area contributed by atoms with Crippen molar-refractivity contribution in [2.24, 2.45) is 5.92 Å². The van der Waals surface area contributed by atoms with Crippen molar-refractivity contribution in [3.63, 3.8) is 0 Å². The van der Waals surface area contributed by atoms with Gasteiger partial charge in [-0.3, -0.25) is 0 Å². The maximum absolute atomic E-state index is 12.4. The molecule has 0 radical (unpaired) electrons. The molecule has 0 amide bonds. The lowest BCUT2D eigenvalue weighted by Gasteiger charge is -2.39. The van der Waals surface area contributed by atoms with E-state index in [4.69, 9.17) is 0 Å². The molecule has 2 atom stereocenters. The minimum Gasteiger partial charge on any atom is -0.212 e. The highest BCUT2D eigenvalue weighted by molar-refractivity contribution is 9.09. The van der Waals surface area contributed by atoms with Crippen molar-refractivity contribution in [2.75, 3.05) is 5.33 Å². The number of halogens is 1. The normalized spacial score (nSPS) is 34.9. The summed E-state index contributed by atoms with van der Waals surface area (Å²) in [6, 6.07) is 0. The van der Waals surface area contributed by atoms with E-state index in [1.54, 1.807) is 0 Å². The summed E-state index contributed by atoms with van der Waals surface area (Å²) < 4.78 is 27.9. The Labute approximate surface area is 119 Å². The third kappa shape index (κ3) is 3.28. The molecule has 1 N–H and O–H groups in total. The first-order valence-electron chi connectivity index (χ1n) is 7.06. The molecule has 0 aromatic heterocycles. The number of hydrogen-bond donors (Lipinski definition) is 1. The summed E-state index contributed by atoms with van der Waals surface area (Å²) in [7, 11) is -3.13. The third-order valence-corrected chi connectivity index (χ3v) is 7.59. The van der Waals surface area contributed by atoms with Crippen molar-refractivity contribution in [3.05, 3.63) is 0 Å². The van der Waals surface area contributed by atoms with Crippen LogP contribution in [-0.2, 0) is 10.0 Å². The molecule has 18 heavy (non-hydrogen) atoms. The second kappa shape index (κ2) is 5.80. The topological polar surface area (TPSA) is 46.2 Å². The van der Waals surface area contributed by atoms with E-state index in [9.17, 15) is 8.42 Å². The van der Waals surface area contributed by atoms with Crippen molar-refractivity contribution in [2.45, 2.75) is 69.1 Å². The summed E-state index contributed by atoms with van der Waals surface area (Å²) in [4.78, 5) is 0. The van der Waals surface area contributed by atoms with Crippen molar-refractivity contribution < 1.29 is 8.42 Å². The Morgan fingerprint density at radius 1 is 1.22 bits per heavy atom. The van der Waals surface area contributed by atoms with Gasteiger partial charge in [-0.15, -0.1) is 0 Å². The Kier molecular flexibility index (Phi) is 4.76. The van der Waals surface area contributed by atoms with Gasteiger partial charge in [-0.25, -0.2) is 13.1 Å². The van der Waals surface area contributed by atoms with E-state index < -0.39 is 10.0 Å². The zero-order valence-electron chi connectivity index (χ0n) is 11.1. The van der Waals surface area contributed by atoms with E-state index in [-0.39, 0.29) is 10.8 Å². The minimum absolute atomic E-state index is 0.148. The molecule has 0 aromatic carbocycles. The molecule has 0 spiro atoms. The Balaban J connectivity index is 2.09. The average Bonchev–Trinajstić information content (AvgIpc) is 2.82. The highest BCUT2D eigenvalue weighted by Gasteiger charge is 2.40. The quantitative estimate of drug-likeness (QED) is 0.800. The summed E-state index contributed by atoms with van der Waals surface area (Å²) in [6.45, 7) is 2.22. The van der Waals surface area contributed by atoms with Gasteiger partial charge in [0.15, 0.2) is 0 Å². The second-order valence-corrected chi connectivity index (χ2v) is 8.69. The summed E-state index contributed by atoms with van der Waals surface area (Å²) in [6.07, 6.45) is 8.07. The zero-order valence-corrected chi connectivity index (χ0v) is 13.5. The molecule has 0 heterocycles. The molecule has 2 saturated carbocycles. The molecule has 2 rings (SSSR count). The van der Waals surface area contributed by atoms with Gasteiger partial charge < -0.3 is 0 Å². The average molecular weight is 338 g/mol. The number of alkyl halides is 1. The van der Waals surface area contributed by atoms with Crippen LogP contribution in [0.4, 0.5) is 0 Å². The first-order valence-corrected chi connectivity index (χ1v) is 9.73. The molecule has 106 valence electrons. The SMILES string of the molecule is CC1CCCC(CBr)(NS(=O)(=O)C2CCCC2)C1. The van der Waals surface area contributed by atoms with Gasteiger partial charge in [-0.2, -0.15) is 0 Å². The van der Waals surface area contributed by atoms with Crippen LogP contribution in [-0.4, -0.2) is 24.5 Å². The van der Waals surface area contributed by atoms with Gasteiger partial charge in [-0.1, -0.05) is 48.5 Å². The van der Waals surface area contributed by atoms with Crippen LogP contribution in [0.1, 0.15) is 58.3 Å². The molecular weight excluding hydrogens is 314 g/mol. The Morgan fingerprint density at radius 2 is 1.89 bits per heavy atom. The molecule has 5 heteroatoms. The standard InChI is InChI=1S/C13H24BrNO2S/c1-11-5-4-8-13(9-11,10-14)15-18(16,17)12-6-2-3-7-12/h11-12,15H,2-10H2,1H3. The lowest BCUT2D eigenvalue weighted by molar-refractivity contribution is 0.241. The van der Waals surface area contributed by atoms with E-state index in [1.165, 1.54) is 6.42 Å². The van der Waals surface area contributed by atoms with Gasteiger partial charge >= 0.3 is 0 Å². The molecule has 0 aromatic rings. The number of hydrogen-bond acceptors (Lipinski definition) is 2. The van der Waals surface area contributed by atoms with Crippen molar-refractivity contribution in [1.82, 2.24) is 4.72 Å². The zero-order chi connectivity index (χ0) is 13.2. The summed E-state index contributed by atoms with van der Waals surface area (Å²) >= 11 is 3.53. The lowest BCUT2D eigenvalue weighted by Crippen LogP contribution is -2.54. The third-order valence-electron chi connectivity index (χ3n) is 4.45. The first-order chi connectivity index (χ1) is 8.47. The Hall–Kier alpha value is 0.390. The van der Waals surface area contributed by atoms with Crippen LogP contribution >= 0.6 is 15.9 Å². The monoisotopic (exact) mass is 337 g/mol.